The van der Waals surface area contributed by atoms with Crippen LogP contribution in [0.25, 0.3) is 0 Å². The van der Waals surface area contributed by atoms with Crippen LogP contribution in [0.2, 0.25) is 0 Å². The Hall–Kier alpha value is -1.34. The van der Waals surface area contributed by atoms with Crippen molar-refractivity contribution in [1.29, 1.82) is 0 Å². The first-order chi connectivity index (χ1) is 13.1. The van der Waals surface area contributed by atoms with Crippen molar-refractivity contribution < 1.29 is 14.3 Å². The van der Waals surface area contributed by atoms with Crippen molar-refractivity contribution >= 4 is 11.9 Å². The van der Waals surface area contributed by atoms with E-state index in [1.54, 1.807) is 0 Å². The maximum atomic E-state index is 12.7. The number of amides is 3. The number of carbonyl (C=O) groups excluding carboxylic acids is 2. The fraction of sp³-hybridized carbons (Fsp3) is 0.900. The molecule has 0 spiro atoms. The van der Waals surface area contributed by atoms with Crippen molar-refractivity contribution in [3.05, 3.63) is 0 Å². The van der Waals surface area contributed by atoms with Crippen molar-refractivity contribution in [2.24, 2.45) is 11.8 Å². The highest BCUT2D eigenvalue weighted by molar-refractivity contribution is 5.79. The van der Waals surface area contributed by atoms with Gasteiger partial charge in [0.25, 0.3) is 0 Å². The second-order valence-electron chi connectivity index (χ2n) is 8.44. The van der Waals surface area contributed by atoms with Gasteiger partial charge in [-0.05, 0) is 31.6 Å². The normalized spacial score (nSPS) is 23.7. The molecule has 0 saturated carbocycles. The van der Waals surface area contributed by atoms with Crippen molar-refractivity contribution in [3.63, 3.8) is 0 Å². The number of carbonyl (C=O) groups is 2. The summed E-state index contributed by atoms with van der Waals surface area (Å²) < 4.78 is 5.45. The first kappa shape index (κ1) is 20.4. The fourth-order valence-electron chi connectivity index (χ4n) is 4.49. The van der Waals surface area contributed by atoms with Crippen molar-refractivity contribution in [2.45, 2.75) is 45.6 Å². The molecule has 0 bridgehead atoms. The molecule has 0 radical (unpaired) electrons. The molecule has 3 amide bonds. The second kappa shape index (κ2) is 9.73. The van der Waals surface area contributed by atoms with Crippen molar-refractivity contribution in [2.75, 3.05) is 59.0 Å². The zero-order valence-electron chi connectivity index (χ0n) is 17.0. The maximum Gasteiger partial charge on any atom is 0.319 e. The molecule has 0 aromatic heterocycles. The molecule has 3 rings (SSSR count). The summed E-state index contributed by atoms with van der Waals surface area (Å²) in [4.78, 5) is 31.5. The van der Waals surface area contributed by atoms with Crippen LogP contribution in [0.3, 0.4) is 0 Å². The van der Waals surface area contributed by atoms with Gasteiger partial charge in [0.2, 0.25) is 5.91 Å². The Kier molecular flexibility index (Phi) is 7.35. The smallest absolute Gasteiger partial charge is 0.319 e. The molecule has 1 atom stereocenters. The van der Waals surface area contributed by atoms with Gasteiger partial charge in [-0.25, -0.2) is 4.79 Å². The van der Waals surface area contributed by atoms with Gasteiger partial charge in [0.05, 0.1) is 13.2 Å². The van der Waals surface area contributed by atoms with E-state index in [4.69, 9.17) is 4.74 Å². The largest absolute Gasteiger partial charge is 0.379 e. The molecule has 0 aromatic carbocycles. The summed E-state index contributed by atoms with van der Waals surface area (Å²) in [6.07, 6.45) is 3.78. The molecular formula is C20H36N4O3. The zero-order valence-corrected chi connectivity index (χ0v) is 17.0. The Morgan fingerprint density at radius 3 is 2.15 bits per heavy atom. The molecule has 3 fully saturated rings. The first-order valence-electron chi connectivity index (χ1n) is 10.7. The van der Waals surface area contributed by atoms with Crippen LogP contribution in [0, 0.1) is 11.8 Å². The van der Waals surface area contributed by atoms with Crippen LogP contribution in [-0.4, -0.2) is 91.7 Å². The van der Waals surface area contributed by atoms with E-state index in [0.29, 0.717) is 31.6 Å². The summed E-state index contributed by atoms with van der Waals surface area (Å²) in [6, 6.07) is 0.522. The summed E-state index contributed by atoms with van der Waals surface area (Å²) >= 11 is 0. The van der Waals surface area contributed by atoms with Gasteiger partial charge in [-0.1, -0.05) is 13.8 Å². The number of morpholine rings is 1. The van der Waals surface area contributed by atoms with Crippen molar-refractivity contribution in [1.82, 2.24) is 20.0 Å². The minimum absolute atomic E-state index is 0.0325. The highest BCUT2D eigenvalue weighted by Gasteiger charge is 2.31. The highest BCUT2D eigenvalue weighted by Crippen LogP contribution is 2.20. The SMILES string of the molecule is CC(C)[C@H](CNC(=O)C1CCN(C(=O)N2CCCC2)CC1)N1CCOCC1. The summed E-state index contributed by atoms with van der Waals surface area (Å²) in [5.74, 6) is 0.677. The quantitative estimate of drug-likeness (QED) is 0.783. The van der Waals surface area contributed by atoms with Crippen LogP contribution in [0.4, 0.5) is 4.79 Å². The minimum atomic E-state index is 0.0325. The topological polar surface area (TPSA) is 65.1 Å². The van der Waals surface area contributed by atoms with Gasteiger partial charge in [0.15, 0.2) is 0 Å². The number of piperidine rings is 1. The molecule has 3 saturated heterocycles. The number of hydrogen-bond donors (Lipinski definition) is 1. The van der Waals surface area contributed by atoms with Gasteiger partial charge in [-0.15, -0.1) is 0 Å². The van der Waals surface area contributed by atoms with Crippen LogP contribution < -0.4 is 5.32 Å². The average molecular weight is 381 g/mol. The van der Waals surface area contributed by atoms with E-state index in [1.807, 2.05) is 9.80 Å². The Labute approximate surface area is 163 Å². The van der Waals surface area contributed by atoms with Gasteiger partial charge in [0, 0.05) is 57.8 Å². The Bertz CT molecular complexity index is 493. The molecule has 1 N–H and O–H groups in total. The van der Waals surface area contributed by atoms with E-state index in [-0.39, 0.29) is 17.9 Å². The van der Waals surface area contributed by atoms with E-state index >= 15 is 0 Å². The number of ether oxygens (including phenoxy) is 1. The fourth-order valence-corrected chi connectivity index (χ4v) is 4.49. The van der Waals surface area contributed by atoms with Crippen LogP contribution in [0.5, 0.6) is 0 Å². The van der Waals surface area contributed by atoms with Crippen LogP contribution in [0.15, 0.2) is 0 Å². The van der Waals surface area contributed by atoms with Gasteiger partial charge < -0.3 is 19.9 Å². The maximum absolute atomic E-state index is 12.7. The highest BCUT2D eigenvalue weighted by atomic mass is 16.5. The summed E-state index contributed by atoms with van der Waals surface area (Å²) in [6.45, 7) is 11.7. The standard InChI is InChI=1S/C20H36N4O3/c1-16(2)18(22-11-13-27-14-12-22)15-21-19(25)17-5-9-24(10-6-17)20(26)23-7-3-4-8-23/h16-18H,3-15H2,1-2H3,(H,21,25)/t18-/m0/s1. The number of likely N-dealkylation sites (tertiary alicyclic amines) is 2. The summed E-state index contributed by atoms with van der Waals surface area (Å²) in [5.41, 5.74) is 0. The molecule has 0 unspecified atom stereocenters. The van der Waals surface area contributed by atoms with E-state index in [2.05, 4.69) is 24.1 Å². The molecule has 3 aliphatic rings. The predicted octanol–water partition coefficient (Wildman–Crippen LogP) is 1.39. The lowest BCUT2D eigenvalue weighted by atomic mass is 9.95. The van der Waals surface area contributed by atoms with E-state index in [0.717, 1.165) is 65.1 Å². The summed E-state index contributed by atoms with van der Waals surface area (Å²) in [7, 11) is 0. The van der Waals surface area contributed by atoms with E-state index in [9.17, 15) is 9.59 Å². The molecule has 27 heavy (non-hydrogen) atoms. The first-order valence-corrected chi connectivity index (χ1v) is 10.7. The lowest BCUT2D eigenvalue weighted by molar-refractivity contribution is -0.126. The number of nitrogens with zero attached hydrogens (tertiary/aromatic N) is 3. The van der Waals surface area contributed by atoms with Gasteiger partial charge in [-0.2, -0.15) is 0 Å². The molecule has 7 heteroatoms. The minimum Gasteiger partial charge on any atom is -0.379 e. The van der Waals surface area contributed by atoms with Crippen LogP contribution >= 0.6 is 0 Å². The second-order valence-corrected chi connectivity index (χ2v) is 8.44. The third kappa shape index (κ3) is 5.35. The predicted molar refractivity (Wildman–Crippen MR) is 105 cm³/mol. The van der Waals surface area contributed by atoms with Gasteiger partial charge in [0.1, 0.15) is 0 Å². The Morgan fingerprint density at radius 2 is 1.56 bits per heavy atom. The zero-order chi connectivity index (χ0) is 19.2. The molecule has 3 aliphatic heterocycles. The van der Waals surface area contributed by atoms with Crippen LogP contribution in [0.1, 0.15) is 39.5 Å². The third-order valence-electron chi connectivity index (χ3n) is 6.28. The lowest BCUT2D eigenvalue weighted by Gasteiger charge is -2.37. The molecule has 7 nitrogen and oxygen atoms in total. The van der Waals surface area contributed by atoms with Gasteiger partial charge in [-0.3, -0.25) is 9.69 Å². The number of hydrogen-bond acceptors (Lipinski definition) is 4. The van der Waals surface area contributed by atoms with Crippen molar-refractivity contribution in [3.8, 4) is 0 Å². The monoisotopic (exact) mass is 380 g/mol. The van der Waals surface area contributed by atoms with E-state index < -0.39 is 0 Å². The Balaban J connectivity index is 1.42. The average Bonchev–Trinajstić information content (AvgIpc) is 3.23. The van der Waals surface area contributed by atoms with Gasteiger partial charge >= 0.3 is 6.03 Å². The third-order valence-corrected chi connectivity index (χ3v) is 6.28. The Morgan fingerprint density at radius 1 is 0.963 bits per heavy atom. The molecule has 0 aromatic rings. The van der Waals surface area contributed by atoms with E-state index in [1.165, 1.54) is 0 Å². The lowest BCUT2D eigenvalue weighted by Crippen LogP contribution is -2.52. The van der Waals surface area contributed by atoms with Crippen LogP contribution in [-0.2, 0) is 9.53 Å². The molecular weight excluding hydrogens is 344 g/mol. The molecule has 154 valence electrons. The molecule has 3 heterocycles. The number of nitrogens with one attached hydrogen (secondary N) is 1. The molecule has 0 aliphatic carbocycles. The summed E-state index contributed by atoms with van der Waals surface area (Å²) in [5, 5.41) is 3.19. The number of rotatable bonds is 5. The number of urea groups is 1.